The maximum absolute atomic E-state index is 11.0. The van der Waals surface area contributed by atoms with Crippen LogP contribution in [0.4, 0.5) is 5.82 Å². The zero-order valence-corrected chi connectivity index (χ0v) is 9.42. The van der Waals surface area contributed by atoms with E-state index in [2.05, 4.69) is 29.1 Å². The average Bonchev–Trinajstić information content (AvgIpc) is 2.18. The highest BCUT2D eigenvalue weighted by Crippen LogP contribution is 2.07. The second-order valence-corrected chi connectivity index (χ2v) is 3.84. The fourth-order valence-corrected chi connectivity index (χ4v) is 1.47. The van der Waals surface area contributed by atoms with Crippen molar-refractivity contribution in [3.05, 3.63) is 22.7 Å². The van der Waals surface area contributed by atoms with Crippen LogP contribution in [0.2, 0.25) is 0 Å². The van der Waals surface area contributed by atoms with Gasteiger partial charge in [-0.3, -0.25) is 4.79 Å². The van der Waals surface area contributed by atoms with E-state index in [1.54, 1.807) is 0 Å². The van der Waals surface area contributed by atoms with Gasteiger partial charge in [0.2, 0.25) is 0 Å². The Morgan fingerprint density at radius 1 is 1.53 bits per heavy atom. The van der Waals surface area contributed by atoms with E-state index < -0.39 is 0 Å². The van der Waals surface area contributed by atoms with Crippen LogP contribution >= 0.6 is 0 Å². The molecule has 0 aliphatic rings. The standard InChI is InChI=1S/C11H19N3O/c1-3-4-5-6-9(2)14-10-7-11(15)13-8-12-10/h7-9H,3-6H2,1-2H3,(H2,12,13,14,15). The zero-order valence-electron chi connectivity index (χ0n) is 9.42. The summed E-state index contributed by atoms with van der Waals surface area (Å²) in [5.74, 6) is 0.655. The molecule has 1 aromatic heterocycles. The molecule has 0 amide bonds. The molecule has 0 bridgehead atoms. The van der Waals surface area contributed by atoms with E-state index in [-0.39, 0.29) is 5.56 Å². The molecule has 2 N–H and O–H groups in total. The average molecular weight is 209 g/mol. The minimum Gasteiger partial charge on any atom is -0.367 e. The summed E-state index contributed by atoms with van der Waals surface area (Å²) in [6.45, 7) is 4.30. The third-order valence-corrected chi connectivity index (χ3v) is 2.31. The number of H-pyrrole nitrogens is 1. The molecular weight excluding hydrogens is 190 g/mol. The van der Waals surface area contributed by atoms with Gasteiger partial charge in [0, 0.05) is 12.1 Å². The van der Waals surface area contributed by atoms with Gasteiger partial charge >= 0.3 is 0 Å². The van der Waals surface area contributed by atoms with E-state index in [0.717, 1.165) is 6.42 Å². The van der Waals surface area contributed by atoms with Gasteiger partial charge in [-0.2, -0.15) is 0 Å². The Labute approximate surface area is 90.1 Å². The van der Waals surface area contributed by atoms with Crippen molar-refractivity contribution in [3.8, 4) is 0 Å². The number of hydrogen-bond acceptors (Lipinski definition) is 3. The van der Waals surface area contributed by atoms with Gasteiger partial charge in [-0.25, -0.2) is 4.98 Å². The molecule has 4 heteroatoms. The van der Waals surface area contributed by atoms with E-state index in [1.807, 2.05) is 0 Å². The van der Waals surface area contributed by atoms with Gasteiger partial charge in [-0.15, -0.1) is 0 Å². The molecule has 1 heterocycles. The molecule has 15 heavy (non-hydrogen) atoms. The lowest BCUT2D eigenvalue weighted by molar-refractivity contribution is 0.613. The maximum Gasteiger partial charge on any atom is 0.252 e. The summed E-state index contributed by atoms with van der Waals surface area (Å²) in [6.07, 6.45) is 6.24. The van der Waals surface area contributed by atoms with Gasteiger partial charge in [0.1, 0.15) is 5.82 Å². The topological polar surface area (TPSA) is 57.8 Å². The molecule has 84 valence electrons. The van der Waals surface area contributed by atoms with Gasteiger partial charge < -0.3 is 10.3 Å². The summed E-state index contributed by atoms with van der Waals surface area (Å²) < 4.78 is 0. The summed E-state index contributed by atoms with van der Waals surface area (Å²) >= 11 is 0. The first-order valence-corrected chi connectivity index (χ1v) is 5.53. The number of nitrogens with one attached hydrogen (secondary N) is 2. The molecule has 0 aromatic carbocycles. The van der Waals surface area contributed by atoms with Crippen LogP contribution in [0.1, 0.15) is 39.5 Å². The Kier molecular flexibility index (Phi) is 4.87. The summed E-state index contributed by atoms with van der Waals surface area (Å²) in [4.78, 5) is 17.5. The first kappa shape index (κ1) is 11.8. The van der Waals surface area contributed by atoms with Crippen LogP contribution in [-0.4, -0.2) is 16.0 Å². The molecule has 0 fully saturated rings. The second kappa shape index (κ2) is 6.22. The fraction of sp³-hybridized carbons (Fsp3) is 0.636. The molecule has 0 saturated heterocycles. The lowest BCUT2D eigenvalue weighted by Gasteiger charge is -2.13. The van der Waals surface area contributed by atoms with Crippen molar-refractivity contribution in [3.63, 3.8) is 0 Å². The Morgan fingerprint density at radius 2 is 2.33 bits per heavy atom. The summed E-state index contributed by atoms with van der Waals surface area (Å²) in [6, 6.07) is 1.85. The van der Waals surface area contributed by atoms with Crippen molar-refractivity contribution in [2.75, 3.05) is 5.32 Å². The summed E-state index contributed by atoms with van der Waals surface area (Å²) in [5.41, 5.74) is -0.117. The van der Waals surface area contributed by atoms with Crippen molar-refractivity contribution in [2.45, 2.75) is 45.6 Å². The van der Waals surface area contributed by atoms with Gasteiger partial charge in [-0.05, 0) is 13.3 Å². The Hall–Kier alpha value is -1.32. The van der Waals surface area contributed by atoms with Crippen LogP contribution in [0, 0.1) is 0 Å². The van der Waals surface area contributed by atoms with Crippen molar-refractivity contribution < 1.29 is 0 Å². The van der Waals surface area contributed by atoms with Gasteiger partial charge in [0.25, 0.3) is 5.56 Å². The van der Waals surface area contributed by atoms with Crippen LogP contribution < -0.4 is 10.9 Å². The van der Waals surface area contributed by atoms with Crippen molar-refractivity contribution in [1.82, 2.24) is 9.97 Å². The quantitative estimate of drug-likeness (QED) is 0.706. The molecule has 0 radical (unpaired) electrons. The molecular formula is C11H19N3O. The van der Waals surface area contributed by atoms with Crippen LogP contribution in [0.15, 0.2) is 17.2 Å². The summed E-state index contributed by atoms with van der Waals surface area (Å²) in [7, 11) is 0. The van der Waals surface area contributed by atoms with Crippen molar-refractivity contribution in [1.29, 1.82) is 0 Å². The molecule has 1 atom stereocenters. The number of rotatable bonds is 6. The molecule has 0 spiro atoms. The van der Waals surface area contributed by atoms with Crippen molar-refractivity contribution in [2.24, 2.45) is 0 Å². The zero-order chi connectivity index (χ0) is 11.1. The Bertz CT molecular complexity index is 335. The van der Waals surface area contributed by atoms with Crippen LogP contribution in [-0.2, 0) is 0 Å². The lowest BCUT2D eigenvalue weighted by atomic mass is 10.1. The molecule has 1 rings (SSSR count). The van der Waals surface area contributed by atoms with Crippen molar-refractivity contribution >= 4 is 5.82 Å². The minimum absolute atomic E-state index is 0.117. The first-order valence-electron chi connectivity index (χ1n) is 5.53. The van der Waals surface area contributed by atoms with Gasteiger partial charge in [0.05, 0.1) is 6.33 Å². The molecule has 0 aliphatic carbocycles. The third kappa shape index (κ3) is 4.63. The predicted octanol–water partition coefficient (Wildman–Crippen LogP) is 2.15. The normalized spacial score (nSPS) is 12.4. The largest absolute Gasteiger partial charge is 0.367 e. The van der Waals surface area contributed by atoms with Crippen LogP contribution in [0.5, 0.6) is 0 Å². The Balaban J connectivity index is 2.37. The third-order valence-electron chi connectivity index (χ3n) is 2.31. The van der Waals surface area contributed by atoms with E-state index >= 15 is 0 Å². The van der Waals surface area contributed by atoms with Crippen LogP contribution in [0.25, 0.3) is 0 Å². The van der Waals surface area contributed by atoms with E-state index in [0.29, 0.717) is 11.9 Å². The number of nitrogens with zero attached hydrogens (tertiary/aromatic N) is 1. The predicted molar refractivity (Wildman–Crippen MR) is 62.1 cm³/mol. The molecule has 4 nitrogen and oxygen atoms in total. The second-order valence-electron chi connectivity index (χ2n) is 3.84. The number of aromatic amines is 1. The maximum atomic E-state index is 11.0. The van der Waals surface area contributed by atoms with E-state index in [9.17, 15) is 4.79 Å². The highest BCUT2D eigenvalue weighted by molar-refractivity contribution is 5.32. The smallest absolute Gasteiger partial charge is 0.252 e. The van der Waals surface area contributed by atoms with Crippen LogP contribution in [0.3, 0.4) is 0 Å². The minimum atomic E-state index is -0.117. The molecule has 0 saturated carbocycles. The number of aromatic nitrogens is 2. The number of hydrogen-bond donors (Lipinski definition) is 2. The number of unbranched alkanes of at least 4 members (excludes halogenated alkanes) is 2. The first-order chi connectivity index (χ1) is 7.22. The van der Waals surface area contributed by atoms with Gasteiger partial charge in [-0.1, -0.05) is 26.2 Å². The molecule has 1 unspecified atom stereocenters. The van der Waals surface area contributed by atoms with E-state index in [1.165, 1.54) is 31.7 Å². The summed E-state index contributed by atoms with van der Waals surface area (Å²) in [5, 5.41) is 3.21. The SMILES string of the molecule is CCCCCC(C)Nc1cc(=O)[nH]cn1. The monoisotopic (exact) mass is 209 g/mol. The van der Waals surface area contributed by atoms with Gasteiger partial charge in [0.15, 0.2) is 0 Å². The highest BCUT2D eigenvalue weighted by atomic mass is 16.1. The molecule has 1 aromatic rings. The highest BCUT2D eigenvalue weighted by Gasteiger charge is 2.02. The molecule has 0 aliphatic heterocycles. The fourth-order valence-electron chi connectivity index (χ4n) is 1.47. The van der Waals surface area contributed by atoms with E-state index in [4.69, 9.17) is 0 Å². The number of anilines is 1. The Morgan fingerprint density at radius 3 is 3.00 bits per heavy atom. The lowest BCUT2D eigenvalue weighted by Crippen LogP contribution is -2.18.